The predicted octanol–water partition coefficient (Wildman–Crippen LogP) is 2.37. The number of methoxy groups -OCH3 is 1. The van der Waals surface area contributed by atoms with Gasteiger partial charge in [0.05, 0.1) is 13.2 Å². The topological polar surface area (TPSA) is 56.6 Å². The van der Waals surface area contributed by atoms with Gasteiger partial charge in [-0.3, -0.25) is 9.69 Å². The number of carbonyl (C=O) groups excluding carboxylic acids is 1. The SMILES string of the molecule is COc1ccc(C(C#N)N2CCN(C(=O)C=CC3CC3)CC2)cc1. The third-order valence-electron chi connectivity index (χ3n) is 4.68. The fourth-order valence-electron chi connectivity index (χ4n) is 2.97. The molecule has 1 aromatic carbocycles. The Morgan fingerprint density at radius 1 is 1.25 bits per heavy atom. The van der Waals surface area contributed by atoms with E-state index in [2.05, 4.69) is 11.0 Å². The molecule has 126 valence electrons. The van der Waals surface area contributed by atoms with Crippen LogP contribution in [0.25, 0.3) is 0 Å². The van der Waals surface area contributed by atoms with Crippen LogP contribution in [0.5, 0.6) is 5.75 Å². The molecule has 1 aromatic rings. The first-order valence-corrected chi connectivity index (χ1v) is 8.46. The monoisotopic (exact) mass is 325 g/mol. The van der Waals surface area contributed by atoms with Gasteiger partial charge in [0.1, 0.15) is 11.8 Å². The highest BCUT2D eigenvalue weighted by Crippen LogP contribution is 2.30. The summed E-state index contributed by atoms with van der Waals surface area (Å²) in [5.74, 6) is 1.50. The summed E-state index contributed by atoms with van der Waals surface area (Å²) in [6.45, 7) is 2.77. The van der Waals surface area contributed by atoms with E-state index in [0.29, 0.717) is 32.1 Å². The van der Waals surface area contributed by atoms with Crippen molar-refractivity contribution in [3.63, 3.8) is 0 Å². The summed E-state index contributed by atoms with van der Waals surface area (Å²) in [6, 6.07) is 9.72. The quantitative estimate of drug-likeness (QED) is 0.780. The number of amides is 1. The molecule has 1 saturated heterocycles. The number of benzene rings is 1. The summed E-state index contributed by atoms with van der Waals surface area (Å²) in [6.07, 6.45) is 6.18. The average Bonchev–Trinajstić information content (AvgIpc) is 3.46. The van der Waals surface area contributed by atoms with Gasteiger partial charge in [-0.05, 0) is 42.5 Å². The molecular formula is C19H23N3O2. The third-order valence-corrected chi connectivity index (χ3v) is 4.68. The maximum atomic E-state index is 12.2. The largest absolute Gasteiger partial charge is 0.497 e. The second-order valence-corrected chi connectivity index (χ2v) is 6.36. The fourth-order valence-corrected chi connectivity index (χ4v) is 2.97. The number of carbonyl (C=O) groups is 1. The highest BCUT2D eigenvalue weighted by molar-refractivity contribution is 5.87. The van der Waals surface area contributed by atoms with Crippen LogP contribution in [0.1, 0.15) is 24.4 Å². The standard InChI is InChI=1S/C19H23N3O2/c1-24-17-7-5-16(6-8-17)18(14-20)21-10-12-22(13-11-21)19(23)9-4-15-2-3-15/h4-9,15,18H,2-3,10-13H2,1H3. The maximum absolute atomic E-state index is 12.2. The van der Waals surface area contributed by atoms with Crippen LogP contribution in [-0.4, -0.2) is 49.0 Å². The molecule has 1 atom stereocenters. The minimum atomic E-state index is -0.282. The van der Waals surface area contributed by atoms with Crippen LogP contribution in [0, 0.1) is 17.2 Å². The average molecular weight is 325 g/mol. The van der Waals surface area contributed by atoms with E-state index in [-0.39, 0.29) is 11.9 Å². The zero-order chi connectivity index (χ0) is 16.9. The number of hydrogen-bond acceptors (Lipinski definition) is 4. The summed E-state index contributed by atoms with van der Waals surface area (Å²) >= 11 is 0. The number of ether oxygens (including phenoxy) is 1. The number of allylic oxidation sites excluding steroid dienone is 1. The molecule has 1 amide bonds. The van der Waals surface area contributed by atoms with Crippen molar-refractivity contribution in [1.82, 2.24) is 9.80 Å². The number of hydrogen-bond donors (Lipinski definition) is 0. The van der Waals surface area contributed by atoms with Gasteiger partial charge in [0.2, 0.25) is 5.91 Å². The Balaban J connectivity index is 1.57. The summed E-state index contributed by atoms with van der Waals surface area (Å²) in [4.78, 5) is 16.2. The van der Waals surface area contributed by atoms with Gasteiger partial charge in [0, 0.05) is 26.2 Å². The Morgan fingerprint density at radius 2 is 1.92 bits per heavy atom. The van der Waals surface area contributed by atoms with Crippen LogP contribution in [0.15, 0.2) is 36.4 Å². The van der Waals surface area contributed by atoms with Crippen LogP contribution in [-0.2, 0) is 4.79 Å². The van der Waals surface area contributed by atoms with Crippen molar-refractivity contribution in [1.29, 1.82) is 5.26 Å². The van der Waals surface area contributed by atoms with Crippen molar-refractivity contribution < 1.29 is 9.53 Å². The van der Waals surface area contributed by atoms with E-state index in [1.165, 1.54) is 12.8 Å². The molecule has 24 heavy (non-hydrogen) atoms. The molecule has 0 N–H and O–H groups in total. The first-order valence-electron chi connectivity index (χ1n) is 8.46. The predicted molar refractivity (Wildman–Crippen MR) is 91.4 cm³/mol. The van der Waals surface area contributed by atoms with E-state index in [0.717, 1.165) is 11.3 Å². The van der Waals surface area contributed by atoms with Crippen LogP contribution >= 0.6 is 0 Å². The Hall–Kier alpha value is -2.32. The van der Waals surface area contributed by atoms with Gasteiger partial charge in [-0.25, -0.2) is 0 Å². The summed E-state index contributed by atoms with van der Waals surface area (Å²) in [7, 11) is 1.63. The molecular weight excluding hydrogens is 302 g/mol. The van der Waals surface area contributed by atoms with Crippen LogP contribution in [0.2, 0.25) is 0 Å². The molecule has 1 aliphatic carbocycles. The molecule has 1 saturated carbocycles. The van der Waals surface area contributed by atoms with Crippen LogP contribution in [0.4, 0.5) is 0 Å². The van der Waals surface area contributed by atoms with E-state index >= 15 is 0 Å². The fraction of sp³-hybridized carbons (Fsp3) is 0.474. The molecule has 2 aliphatic rings. The van der Waals surface area contributed by atoms with E-state index in [1.807, 2.05) is 35.2 Å². The van der Waals surface area contributed by atoms with Crippen molar-refractivity contribution in [2.24, 2.45) is 5.92 Å². The van der Waals surface area contributed by atoms with E-state index in [4.69, 9.17) is 4.74 Å². The molecule has 0 bridgehead atoms. The lowest BCUT2D eigenvalue weighted by Gasteiger charge is -2.36. The number of rotatable bonds is 5. The molecule has 5 nitrogen and oxygen atoms in total. The summed E-state index contributed by atoms with van der Waals surface area (Å²) in [5, 5.41) is 9.57. The molecule has 0 spiro atoms. The zero-order valence-electron chi connectivity index (χ0n) is 14.0. The Bertz CT molecular complexity index is 636. The second-order valence-electron chi connectivity index (χ2n) is 6.36. The number of nitriles is 1. The lowest BCUT2D eigenvalue weighted by Crippen LogP contribution is -2.49. The van der Waals surface area contributed by atoms with Gasteiger partial charge in [-0.1, -0.05) is 18.2 Å². The lowest BCUT2D eigenvalue weighted by atomic mass is 10.1. The van der Waals surface area contributed by atoms with Gasteiger partial charge < -0.3 is 9.64 Å². The first-order chi connectivity index (χ1) is 11.7. The maximum Gasteiger partial charge on any atom is 0.246 e. The molecule has 1 heterocycles. The molecule has 0 aromatic heterocycles. The number of piperazine rings is 1. The highest BCUT2D eigenvalue weighted by Gasteiger charge is 2.26. The minimum Gasteiger partial charge on any atom is -0.497 e. The van der Waals surface area contributed by atoms with Crippen molar-refractivity contribution >= 4 is 5.91 Å². The highest BCUT2D eigenvalue weighted by atomic mass is 16.5. The Kier molecular flexibility index (Phi) is 5.17. The smallest absolute Gasteiger partial charge is 0.246 e. The van der Waals surface area contributed by atoms with Crippen LogP contribution in [0.3, 0.4) is 0 Å². The zero-order valence-corrected chi connectivity index (χ0v) is 14.0. The minimum absolute atomic E-state index is 0.0968. The van der Waals surface area contributed by atoms with E-state index in [1.54, 1.807) is 13.2 Å². The summed E-state index contributed by atoms with van der Waals surface area (Å²) < 4.78 is 5.17. The number of nitrogens with zero attached hydrogens (tertiary/aromatic N) is 3. The second kappa shape index (κ2) is 7.50. The third kappa shape index (κ3) is 3.95. The van der Waals surface area contributed by atoms with E-state index < -0.39 is 0 Å². The van der Waals surface area contributed by atoms with Gasteiger partial charge in [0.15, 0.2) is 0 Å². The summed E-state index contributed by atoms with van der Waals surface area (Å²) in [5.41, 5.74) is 0.965. The van der Waals surface area contributed by atoms with Crippen molar-refractivity contribution in [2.45, 2.75) is 18.9 Å². The molecule has 3 rings (SSSR count). The lowest BCUT2D eigenvalue weighted by molar-refractivity contribution is -0.127. The molecule has 0 radical (unpaired) electrons. The van der Waals surface area contributed by atoms with Crippen LogP contribution < -0.4 is 4.74 Å². The van der Waals surface area contributed by atoms with E-state index in [9.17, 15) is 10.1 Å². The Labute approximate surface area is 143 Å². The van der Waals surface area contributed by atoms with Crippen molar-refractivity contribution in [3.8, 4) is 11.8 Å². The molecule has 1 unspecified atom stereocenters. The Morgan fingerprint density at radius 3 is 2.46 bits per heavy atom. The van der Waals surface area contributed by atoms with Gasteiger partial charge in [0.25, 0.3) is 0 Å². The van der Waals surface area contributed by atoms with Gasteiger partial charge >= 0.3 is 0 Å². The molecule has 2 fully saturated rings. The normalized spacial score (nSPS) is 19.9. The van der Waals surface area contributed by atoms with Gasteiger partial charge in [-0.15, -0.1) is 0 Å². The van der Waals surface area contributed by atoms with Crippen molar-refractivity contribution in [2.75, 3.05) is 33.3 Å². The molecule has 1 aliphatic heterocycles. The first kappa shape index (κ1) is 16.5. The van der Waals surface area contributed by atoms with Gasteiger partial charge in [-0.2, -0.15) is 5.26 Å². The van der Waals surface area contributed by atoms with Crippen molar-refractivity contribution in [3.05, 3.63) is 42.0 Å². The molecule has 5 heteroatoms.